The summed E-state index contributed by atoms with van der Waals surface area (Å²) >= 11 is 0. The van der Waals surface area contributed by atoms with E-state index in [1.807, 2.05) is 5.48 Å². The highest BCUT2D eigenvalue weighted by molar-refractivity contribution is 5.86. The summed E-state index contributed by atoms with van der Waals surface area (Å²) in [5.41, 5.74) is 2.46. The van der Waals surface area contributed by atoms with Crippen molar-refractivity contribution in [3.63, 3.8) is 0 Å². The highest BCUT2D eigenvalue weighted by Crippen LogP contribution is 2.36. The van der Waals surface area contributed by atoms with Crippen LogP contribution in [0.2, 0.25) is 0 Å². The molecule has 7 heteroatoms. The van der Waals surface area contributed by atoms with Gasteiger partial charge in [-0.1, -0.05) is 18.2 Å². The Kier molecular flexibility index (Phi) is 2.80. The predicted octanol–water partition coefficient (Wildman–Crippen LogP) is 1.89. The van der Waals surface area contributed by atoms with Crippen LogP contribution in [-0.2, 0) is 4.84 Å². The Balaban J connectivity index is 2.16. The maximum Gasteiger partial charge on any atom is 0.445 e. The van der Waals surface area contributed by atoms with E-state index in [0.717, 1.165) is 0 Å². The Morgan fingerprint density at radius 3 is 2.47 bits per heavy atom. The molecule has 0 aliphatic carbocycles. The molecule has 0 bridgehead atoms. The number of hydrogen-bond donors (Lipinski definition) is 2. The van der Waals surface area contributed by atoms with Gasteiger partial charge in [0.1, 0.15) is 5.84 Å². The third-order valence-corrected chi connectivity index (χ3v) is 2.21. The van der Waals surface area contributed by atoms with Crippen LogP contribution in [-0.4, -0.2) is 22.9 Å². The van der Waals surface area contributed by atoms with Crippen molar-refractivity contribution >= 4 is 11.5 Å². The molecule has 1 unspecified atom stereocenters. The minimum absolute atomic E-state index is 0.0731. The number of hydrogen-bond acceptors (Lipinski definition) is 3. The van der Waals surface area contributed by atoms with E-state index < -0.39 is 18.4 Å². The molecule has 1 atom stereocenters. The van der Waals surface area contributed by atoms with Crippen LogP contribution in [0.4, 0.5) is 18.9 Å². The summed E-state index contributed by atoms with van der Waals surface area (Å²) < 4.78 is 37.2. The van der Waals surface area contributed by atoms with Crippen LogP contribution in [0.1, 0.15) is 6.42 Å². The minimum atomic E-state index is -4.87. The number of nitrogens with one attached hydrogen (secondary N) is 1. The topological polar surface area (TPSA) is 53.9 Å². The Morgan fingerprint density at radius 2 is 1.94 bits per heavy atom. The summed E-state index contributed by atoms with van der Waals surface area (Å²) in [6, 6.07) is 8.41. The molecule has 0 spiro atoms. The van der Waals surface area contributed by atoms with E-state index in [-0.39, 0.29) is 5.84 Å². The summed E-state index contributed by atoms with van der Waals surface area (Å²) in [5, 5.41) is 9.19. The number of rotatable bonds is 1. The molecule has 0 saturated carbocycles. The van der Waals surface area contributed by atoms with E-state index in [1.54, 1.807) is 30.3 Å². The molecule has 0 aromatic heterocycles. The number of aliphatic hydroxyl groups is 1. The van der Waals surface area contributed by atoms with E-state index in [1.165, 1.54) is 0 Å². The summed E-state index contributed by atoms with van der Waals surface area (Å²) in [4.78, 5) is 8.03. The molecule has 1 aliphatic rings. The smallest absolute Gasteiger partial charge is 0.357 e. The second kappa shape index (κ2) is 4.01. The Bertz CT molecular complexity index is 433. The lowest BCUT2D eigenvalue weighted by Crippen LogP contribution is -2.45. The van der Waals surface area contributed by atoms with Crippen molar-refractivity contribution in [2.24, 2.45) is 4.99 Å². The van der Waals surface area contributed by atoms with Gasteiger partial charge in [0, 0.05) is 0 Å². The van der Waals surface area contributed by atoms with Gasteiger partial charge in [0.05, 0.1) is 12.1 Å². The van der Waals surface area contributed by atoms with Crippen LogP contribution in [0, 0.1) is 0 Å². The molecule has 1 fully saturated rings. The molecule has 1 aromatic rings. The number of para-hydroxylation sites is 1. The average molecular weight is 246 g/mol. The molecule has 17 heavy (non-hydrogen) atoms. The minimum Gasteiger partial charge on any atom is -0.357 e. The van der Waals surface area contributed by atoms with Crippen molar-refractivity contribution in [2.75, 3.05) is 0 Å². The normalized spacial score (nSPS) is 27.2. The number of nitrogens with zero attached hydrogens (tertiary/aromatic N) is 1. The third-order valence-electron chi connectivity index (χ3n) is 2.21. The monoisotopic (exact) mass is 246 g/mol. The number of halogens is 3. The van der Waals surface area contributed by atoms with Gasteiger partial charge in [0.15, 0.2) is 0 Å². The van der Waals surface area contributed by atoms with Gasteiger partial charge >= 0.3 is 6.18 Å². The summed E-state index contributed by atoms with van der Waals surface area (Å²) in [6.45, 7) is 0. The SMILES string of the molecule is OC1(C(F)(F)F)CC(=Nc2ccccc2)NO1. The molecular formula is C10H9F3N2O2. The lowest BCUT2D eigenvalue weighted by atomic mass is 10.2. The van der Waals surface area contributed by atoms with Crippen LogP contribution in [0.25, 0.3) is 0 Å². The maximum absolute atomic E-state index is 12.4. The van der Waals surface area contributed by atoms with Crippen molar-refractivity contribution in [1.82, 2.24) is 5.48 Å². The van der Waals surface area contributed by atoms with Gasteiger partial charge in [-0.15, -0.1) is 0 Å². The van der Waals surface area contributed by atoms with Gasteiger partial charge in [-0.3, -0.25) is 0 Å². The summed E-state index contributed by atoms with van der Waals surface area (Å²) in [7, 11) is 0. The van der Waals surface area contributed by atoms with Crippen LogP contribution in [0.5, 0.6) is 0 Å². The van der Waals surface area contributed by atoms with E-state index in [2.05, 4.69) is 9.83 Å². The Hall–Kier alpha value is -1.60. The molecule has 0 amide bonds. The van der Waals surface area contributed by atoms with Crippen LogP contribution in [0.15, 0.2) is 35.3 Å². The van der Waals surface area contributed by atoms with Crippen LogP contribution in [0.3, 0.4) is 0 Å². The first-order valence-corrected chi connectivity index (χ1v) is 4.76. The lowest BCUT2D eigenvalue weighted by molar-refractivity contribution is -0.361. The lowest BCUT2D eigenvalue weighted by Gasteiger charge is -2.21. The Labute approximate surface area is 94.7 Å². The fraction of sp³-hybridized carbons (Fsp3) is 0.300. The number of aliphatic imine (C=N–C) groups is 1. The second-order valence-corrected chi connectivity index (χ2v) is 3.56. The van der Waals surface area contributed by atoms with Crippen molar-refractivity contribution in [1.29, 1.82) is 0 Å². The first-order valence-electron chi connectivity index (χ1n) is 4.76. The first-order chi connectivity index (χ1) is 7.91. The molecular weight excluding hydrogens is 237 g/mol. The van der Waals surface area contributed by atoms with E-state index >= 15 is 0 Å². The number of amidine groups is 1. The fourth-order valence-electron chi connectivity index (χ4n) is 1.32. The zero-order valence-electron chi connectivity index (χ0n) is 8.53. The van der Waals surface area contributed by atoms with Crippen LogP contribution >= 0.6 is 0 Å². The Morgan fingerprint density at radius 1 is 1.29 bits per heavy atom. The van der Waals surface area contributed by atoms with Gasteiger partial charge in [0.25, 0.3) is 5.79 Å². The molecule has 1 saturated heterocycles. The standard InChI is InChI=1S/C10H9F3N2O2/c11-10(12,13)9(16)6-8(15-17-9)14-7-4-2-1-3-5-7/h1-5,16H,6H2,(H,14,15). The van der Waals surface area contributed by atoms with Gasteiger partial charge in [0.2, 0.25) is 0 Å². The maximum atomic E-state index is 12.4. The third kappa shape index (κ3) is 2.40. The fourth-order valence-corrected chi connectivity index (χ4v) is 1.32. The van der Waals surface area contributed by atoms with E-state index in [0.29, 0.717) is 5.69 Å². The van der Waals surface area contributed by atoms with Gasteiger partial charge in [-0.05, 0) is 12.1 Å². The van der Waals surface area contributed by atoms with Gasteiger partial charge in [-0.25, -0.2) is 15.3 Å². The molecule has 1 aromatic carbocycles. The number of alkyl halides is 3. The highest BCUT2D eigenvalue weighted by atomic mass is 19.4. The van der Waals surface area contributed by atoms with E-state index in [4.69, 9.17) is 0 Å². The van der Waals surface area contributed by atoms with Gasteiger partial charge in [-0.2, -0.15) is 13.2 Å². The highest BCUT2D eigenvalue weighted by Gasteiger charge is 2.59. The molecule has 2 rings (SSSR count). The molecule has 2 N–H and O–H groups in total. The number of hydroxylamine groups is 1. The molecule has 0 radical (unpaired) electrons. The first kappa shape index (κ1) is 11.9. The van der Waals surface area contributed by atoms with Crippen molar-refractivity contribution < 1.29 is 23.1 Å². The molecule has 1 heterocycles. The number of benzene rings is 1. The molecule has 1 aliphatic heterocycles. The molecule has 4 nitrogen and oxygen atoms in total. The average Bonchev–Trinajstić information content (AvgIpc) is 2.62. The quantitative estimate of drug-likeness (QED) is 0.795. The van der Waals surface area contributed by atoms with E-state index in [9.17, 15) is 18.3 Å². The second-order valence-electron chi connectivity index (χ2n) is 3.56. The van der Waals surface area contributed by atoms with Crippen LogP contribution < -0.4 is 5.48 Å². The van der Waals surface area contributed by atoms with Crippen molar-refractivity contribution in [3.05, 3.63) is 30.3 Å². The van der Waals surface area contributed by atoms with Crippen molar-refractivity contribution in [3.8, 4) is 0 Å². The van der Waals surface area contributed by atoms with Gasteiger partial charge < -0.3 is 5.11 Å². The zero-order chi connectivity index (χ0) is 12.5. The zero-order valence-corrected chi connectivity index (χ0v) is 8.53. The van der Waals surface area contributed by atoms with Crippen molar-refractivity contribution in [2.45, 2.75) is 18.4 Å². The summed E-state index contributed by atoms with van der Waals surface area (Å²) in [6.07, 6.45) is -5.63. The molecule has 92 valence electrons. The predicted molar refractivity (Wildman–Crippen MR) is 53.4 cm³/mol. The summed E-state index contributed by atoms with van der Waals surface area (Å²) in [5.74, 6) is -3.28. The largest absolute Gasteiger partial charge is 0.445 e.